The van der Waals surface area contributed by atoms with Gasteiger partial charge in [0.2, 0.25) is 5.91 Å². The van der Waals surface area contributed by atoms with Crippen LogP contribution in [0.15, 0.2) is 29.2 Å². The molecule has 1 aromatic rings. The Morgan fingerprint density at radius 3 is 2.94 bits per heavy atom. The van der Waals surface area contributed by atoms with Gasteiger partial charge in [0, 0.05) is 30.3 Å². The van der Waals surface area contributed by atoms with Crippen molar-refractivity contribution in [3.8, 4) is 0 Å². The minimum Gasteiger partial charge on any atom is -0.315 e. The van der Waals surface area contributed by atoms with E-state index in [4.69, 9.17) is 0 Å². The molecule has 16 heavy (non-hydrogen) atoms. The number of carbonyl (C=O) groups excluding carboxylic acids is 1. The highest BCUT2D eigenvalue weighted by Gasteiger charge is 2.32. The van der Waals surface area contributed by atoms with Gasteiger partial charge >= 0.3 is 0 Å². The summed E-state index contributed by atoms with van der Waals surface area (Å²) in [5.74, 6) is 1.48. The number of nitrogens with zero attached hydrogens (tertiary/aromatic N) is 1. The summed E-state index contributed by atoms with van der Waals surface area (Å²) in [6.45, 7) is 2.52. The number of hydrogen-bond donors (Lipinski definition) is 1. The zero-order valence-electron chi connectivity index (χ0n) is 8.98. The molecule has 0 bridgehead atoms. The zero-order chi connectivity index (χ0) is 11.0. The molecule has 1 fully saturated rings. The van der Waals surface area contributed by atoms with Crippen LogP contribution in [0.4, 0.5) is 5.69 Å². The minimum atomic E-state index is 0.191. The van der Waals surface area contributed by atoms with Gasteiger partial charge in [0.05, 0.1) is 11.6 Å². The van der Waals surface area contributed by atoms with Gasteiger partial charge in [-0.15, -0.1) is 11.8 Å². The van der Waals surface area contributed by atoms with Crippen molar-refractivity contribution in [3.63, 3.8) is 0 Å². The molecule has 0 unspecified atom stereocenters. The maximum atomic E-state index is 12.2. The molecule has 2 aliphatic rings. The van der Waals surface area contributed by atoms with Crippen LogP contribution in [0.1, 0.15) is 0 Å². The first kappa shape index (κ1) is 10.2. The number of para-hydroxylation sites is 1. The highest BCUT2D eigenvalue weighted by atomic mass is 32.2. The molecule has 2 heterocycles. The van der Waals surface area contributed by atoms with Crippen LogP contribution < -0.4 is 10.2 Å². The van der Waals surface area contributed by atoms with Crippen LogP contribution in [-0.2, 0) is 4.79 Å². The highest BCUT2D eigenvalue weighted by molar-refractivity contribution is 7.99. The second-order valence-corrected chi connectivity index (χ2v) is 5.30. The van der Waals surface area contributed by atoms with Gasteiger partial charge in [-0.1, -0.05) is 12.1 Å². The van der Waals surface area contributed by atoms with Gasteiger partial charge < -0.3 is 10.2 Å². The fraction of sp³-hybridized carbons (Fsp3) is 0.417. The second kappa shape index (κ2) is 4.11. The van der Waals surface area contributed by atoms with Crippen molar-refractivity contribution in [2.45, 2.75) is 4.90 Å². The Morgan fingerprint density at radius 2 is 2.19 bits per heavy atom. The summed E-state index contributed by atoms with van der Waals surface area (Å²) in [5, 5.41) is 3.15. The molecule has 0 atom stereocenters. The van der Waals surface area contributed by atoms with Crippen molar-refractivity contribution in [2.75, 3.05) is 30.3 Å². The third-order valence-corrected chi connectivity index (χ3v) is 4.17. The maximum absolute atomic E-state index is 12.2. The number of benzene rings is 1. The van der Waals surface area contributed by atoms with Crippen LogP contribution in [0.25, 0.3) is 0 Å². The van der Waals surface area contributed by atoms with Gasteiger partial charge in [-0.3, -0.25) is 4.79 Å². The molecular weight excluding hydrogens is 220 g/mol. The maximum Gasteiger partial charge on any atom is 0.232 e. The standard InChI is InChI=1S/C12H14N2OS/c15-12(9-7-13-8-9)14-5-6-16-11-4-2-1-3-10(11)14/h1-4,9,13H,5-8H2. The normalized spacial score (nSPS) is 20.1. The predicted molar refractivity (Wildman–Crippen MR) is 65.9 cm³/mol. The average Bonchev–Trinajstić information content (AvgIpc) is 2.26. The van der Waals surface area contributed by atoms with E-state index in [1.54, 1.807) is 0 Å². The second-order valence-electron chi connectivity index (χ2n) is 4.16. The molecule has 0 spiro atoms. The summed E-state index contributed by atoms with van der Waals surface area (Å²) in [4.78, 5) is 15.4. The Kier molecular flexibility index (Phi) is 2.61. The van der Waals surface area contributed by atoms with E-state index in [0.717, 1.165) is 31.1 Å². The van der Waals surface area contributed by atoms with Gasteiger partial charge in [0.25, 0.3) is 0 Å². The van der Waals surface area contributed by atoms with E-state index in [1.807, 2.05) is 34.9 Å². The van der Waals surface area contributed by atoms with Crippen LogP contribution in [0.5, 0.6) is 0 Å². The SMILES string of the molecule is O=C(C1CNC1)N1CCSc2ccccc21. The molecule has 3 nitrogen and oxygen atoms in total. The lowest BCUT2D eigenvalue weighted by Crippen LogP contribution is -2.53. The van der Waals surface area contributed by atoms with Crippen LogP contribution >= 0.6 is 11.8 Å². The highest BCUT2D eigenvalue weighted by Crippen LogP contribution is 2.35. The lowest BCUT2D eigenvalue weighted by Gasteiger charge is -2.35. The third kappa shape index (κ3) is 1.62. The monoisotopic (exact) mass is 234 g/mol. The van der Waals surface area contributed by atoms with E-state index in [2.05, 4.69) is 11.4 Å². The van der Waals surface area contributed by atoms with Crippen molar-refractivity contribution in [1.29, 1.82) is 0 Å². The number of fused-ring (bicyclic) bond motifs is 1. The van der Waals surface area contributed by atoms with Crippen molar-refractivity contribution >= 4 is 23.4 Å². The Labute approximate surface area is 99.2 Å². The first-order valence-electron chi connectivity index (χ1n) is 5.60. The quantitative estimate of drug-likeness (QED) is 0.796. The number of rotatable bonds is 1. The fourth-order valence-corrected chi connectivity index (χ4v) is 3.08. The van der Waals surface area contributed by atoms with E-state index in [0.29, 0.717) is 0 Å². The first-order chi connectivity index (χ1) is 7.86. The molecule has 1 aromatic carbocycles. The first-order valence-corrected chi connectivity index (χ1v) is 6.59. The van der Waals surface area contributed by atoms with Crippen LogP contribution in [0, 0.1) is 5.92 Å². The molecule has 0 aromatic heterocycles. The van der Waals surface area contributed by atoms with Gasteiger partial charge in [0.15, 0.2) is 0 Å². The molecule has 1 saturated heterocycles. The van der Waals surface area contributed by atoms with E-state index in [-0.39, 0.29) is 11.8 Å². The molecule has 1 N–H and O–H groups in total. The predicted octanol–water partition coefficient (Wildman–Crippen LogP) is 1.34. The summed E-state index contributed by atoms with van der Waals surface area (Å²) in [6.07, 6.45) is 0. The molecule has 1 amide bonds. The van der Waals surface area contributed by atoms with Gasteiger partial charge in [-0.2, -0.15) is 0 Å². The van der Waals surface area contributed by atoms with E-state index >= 15 is 0 Å². The number of hydrogen-bond acceptors (Lipinski definition) is 3. The summed E-state index contributed by atoms with van der Waals surface area (Å²) in [7, 11) is 0. The van der Waals surface area contributed by atoms with Crippen LogP contribution in [-0.4, -0.2) is 31.3 Å². The van der Waals surface area contributed by atoms with Crippen molar-refractivity contribution in [2.24, 2.45) is 5.92 Å². The Bertz CT molecular complexity index is 417. The number of carbonyl (C=O) groups is 1. The molecule has 2 aliphatic heterocycles. The molecule has 0 radical (unpaired) electrons. The Balaban J connectivity index is 1.89. The fourth-order valence-electron chi connectivity index (χ4n) is 2.08. The summed E-state index contributed by atoms with van der Waals surface area (Å²) < 4.78 is 0. The third-order valence-electron chi connectivity index (χ3n) is 3.13. The number of nitrogens with one attached hydrogen (secondary N) is 1. The van der Waals surface area contributed by atoms with Crippen molar-refractivity contribution < 1.29 is 4.79 Å². The molecule has 0 aliphatic carbocycles. The number of anilines is 1. The molecular formula is C12H14N2OS. The molecule has 3 rings (SSSR count). The van der Waals surface area contributed by atoms with E-state index in [1.165, 1.54) is 4.90 Å². The Hall–Kier alpha value is -1.00. The molecule has 84 valence electrons. The van der Waals surface area contributed by atoms with Crippen LogP contribution in [0.2, 0.25) is 0 Å². The summed E-state index contributed by atoms with van der Waals surface area (Å²) in [5.41, 5.74) is 1.09. The summed E-state index contributed by atoms with van der Waals surface area (Å²) >= 11 is 1.84. The minimum absolute atomic E-state index is 0.191. The number of thioether (sulfide) groups is 1. The zero-order valence-corrected chi connectivity index (χ0v) is 9.80. The largest absolute Gasteiger partial charge is 0.315 e. The van der Waals surface area contributed by atoms with Gasteiger partial charge in [0.1, 0.15) is 0 Å². The molecule has 4 heteroatoms. The van der Waals surface area contributed by atoms with E-state index < -0.39 is 0 Å². The van der Waals surface area contributed by atoms with E-state index in [9.17, 15) is 4.79 Å². The van der Waals surface area contributed by atoms with Crippen LogP contribution in [0.3, 0.4) is 0 Å². The van der Waals surface area contributed by atoms with Crippen molar-refractivity contribution in [3.05, 3.63) is 24.3 Å². The Morgan fingerprint density at radius 1 is 1.38 bits per heavy atom. The average molecular weight is 234 g/mol. The van der Waals surface area contributed by atoms with Gasteiger partial charge in [-0.25, -0.2) is 0 Å². The lowest BCUT2D eigenvalue weighted by atomic mass is 10.0. The smallest absolute Gasteiger partial charge is 0.232 e. The topological polar surface area (TPSA) is 32.3 Å². The lowest BCUT2D eigenvalue weighted by molar-refractivity contribution is -0.123. The number of amides is 1. The van der Waals surface area contributed by atoms with Gasteiger partial charge in [-0.05, 0) is 12.1 Å². The van der Waals surface area contributed by atoms with Crippen molar-refractivity contribution in [1.82, 2.24) is 5.32 Å². The summed E-state index contributed by atoms with van der Waals surface area (Å²) in [6, 6.07) is 8.18. The molecule has 0 saturated carbocycles.